The SMILES string of the molecule is O=C1O[C@@H](CI)[C@H](c2ccccc2)[C@H]1NC(=O)C(F)(F)F. The van der Waals surface area contributed by atoms with Gasteiger partial charge in [0.15, 0.2) is 0 Å². The van der Waals surface area contributed by atoms with Crippen molar-refractivity contribution in [1.29, 1.82) is 0 Å². The number of esters is 1. The number of rotatable bonds is 3. The zero-order chi connectivity index (χ0) is 15.6. The van der Waals surface area contributed by atoms with Gasteiger partial charge >= 0.3 is 18.1 Å². The highest BCUT2D eigenvalue weighted by Gasteiger charge is 2.49. The number of ether oxygens (including phenoxy) is 1. The molecule has 0 aromatic heterocycles. The van der Waals surface area contributed by atoms with E-state index < -0.39 is 36.1 Å². The first-order chi connectivity index (χ1) is 9.84. The van der Waals surface area contributed by atoms with Gasteiger partial charge in [-0.3, -0.25) is 4.79 Å². The highest BCUT2D eigenvalue weighted by Crippen LogP contribution is 2.34. The summed E-state index contributed by atoms with van der Waals surface area (Å²) in [6.07, 6.45) is -5.61. The minimum Gasteiger partial charge on any atom is -0.459 e. The average molecular weight is 413 g/mol. The van der Waals surface area contributed by atoms with E-state index in [9.17, 15) is 22.8 Å². The lowest BCUT2D eigenvalue weighted by Gasteiger charge is -2.21. The number of alkyl halides is 4. The molecule has 1 heterocycles. The fourth-order valence-corrected chi connectivity index (χ4v) is 2.97. The Kier molecular flexibility index (Phi) is 4.74. The van der Waals surface area contributed by atoms with E-state index in [0.717, 1.165) is 0 Å². The minimum absolute atomic E-state index is 0.418. The molecule has 4 nitrogen and oxygen atoms in total. The first-order valence-electron chi connectivity index (χ1n) is 6.03. The molecule has 0 bridgehead atoms. The number of hydrogen-bond acceptors (Lipinski definition) is 3. The van der Waals surface area contributed by atoms with Crippen molar-refractivity contribution in [2.45, 2.75) is 24.2 Å². The van der Waals surface area contributed by atoms with Gasteiger partial charge in [-0.2, -0.15) is 13.2 Å². The predicted molar refractivity (Wildman–Crippen MR) is 75.9 cm³/mol. The largest absolute Gasteiger partial charge is 0.471 e. The first kappa shape index (κ1) is 16.1. The maximum absolute atomic E-state index is 12.4. The van der Waals surface area contributed by atoms with Crippen LogP contribution in [0.25, 0.3) is 0 Å². The molecular weight excluding hydrogens is 402 g/mol. The van der Waals surface area contributed by atoms with E-state index in [1.165, 1.54) is 0 Å². The molecule has 1 aromatic rings. The van der Waals surface area contributed by atoms with E-state index in [0.29, 0.717) is 9.99 Å². The molecule has 1 aliphatic rings. The molecule has 1 saturated heterocycles. The Morgan fingerprint density at radius 3 is 2.43 bits per heavy atom. The van der Waals surface area contributed by atoms with Crippen LogP contribution in [0.3, 0.4) is 0 Å². The molecule has 0 aliphatic carbocycles. The maximum Gasteiger partial charge on any atom is 0.471 e. The highest BCUT2D eigenvalue weighted by atomic mass is 127. The number of carbonyl (C=O) groups is 2. The second-order valence-electron chi connectivity index (χ2n) is 4.52. The van der Waals surface area contributed by atoms with Gasteiger partial charge in [0.25, 0.3) is 0 Å². The number of benzene rings is 1. The van der Waals surface area contributed by atoms with Crippen LogP contribution in [0.1, 0.15) is 11.5 Å². The normalized spacial score (nSPS) is 25.5. The van der Waals surface area contributed by atoms with Crippen LogP contribution >= 0.6 is 22.6 Å². The molecule has 114 valence electrons. The summed E-state index contributed by atoms with van der Waals surface area (Å²) < 4.78 is 42.6. The highest BCUT2D eigenvalue weighted by molar-refractivity contribution is 14.1. The third kappa shape index (κ3) is 3.47. The monoisotopic (exact) mass is 413 g/mol. The fourth-order valence-electron chi connectivity index (χ4n) is 2.24. The van der Waals surface area contributed by atoms with Gasteiger partial charge in [-0.05, 0) is 5.56 Å². The summed E-state index contributed by atoms with van der Waals surface area (Å²) in [5.74, 6) is -3.62. The fraction of sp³-hybridized carbons (Fsp3) is 0.385. The van der Waals surface area contributed by atoms with E-state index in [2.05, 4.69) is 0 Å². The molecule has 1 fully saturated rings. The summed E-state index contributed by atoms with van der Waals surface area (Å²) in [4.78, 5) is 22.9. The molecule has 1 amide bonds. The van der Waals surface area contributed by atoms with Crippen molar-refractivity contribution < 1.29 is 27.5 Å². The van der Waals surface area contributed by atoms with Crippen molar-refractivity contribution in [1.82, 2.24) is 5.32 Å². The summed E-state index contributed by atoms with van der Waals surface area (Å²) in [5, 5.41) is 1.74. The Labute approximate surface area is 132 Å². The van der Waals surface area contributed by atoms with E-state index in [-0.39, 0.29) is 0 Å². The van der Waals surface area contributed by atoms with Gasteiger partial charge in [0.2, 0.25) is 0 Å². The van der Waals surface area contributed by atoms with Crippen LogP contribution < -0.4 is 5.32 Å². The third-order valence-electron chi connectivity index (χ3n) is 3.16. The standard InChI is InChI=1S/C13H11F3INO3/c14-13(15,16)12(20)18-10-9(7-4-2-1-3-5-7)8(6-17)21-11(10)19/h1-5,8-10H,6H2,(H,18,20)/t8-,9-,10+/m0/s1. The van der Waals surface area contributed by atoms with Crippen LogP contribution in [0.5, 0.6) is 0 Å². The van der Waals surface area contributed by atoms with Crippen molar-refractivity contribution in [3.8, 4) is 0 Å². The van der Waals surface area contributed by atoms with Crippen molar-refractivity contribution >= 4 is 34.5 Å². The molecule has 1 aliphatic heterocycles. The quantitative estimate of drug-likeness (QED) is 0.470. The molecule has 2 rings (SSSR count). The smallest absolute Gasteiger partial charge is 0.459 e. The van der Waals surface area contributed by atoms with Crippen molar-refractivity contribution in [2.24, 2.45) is 0 Å². The third-order valence-corrected chi connectivity index (χ3v) is 4.03. The number of amides is 1. The van der Waals surface area contributed by atoms with Crippen molar-refractivity contribution in [3.63, 3.8) is 0 Å². The van der Waals surface area contributed by atoms with Crippen LogP contribution in [-0.4, -0.2) is 34.6 Å². The summed E-state index contributed by atoms with van der Waals surface area (Å²) in [6, 6.07) is 7.23. The molecule has 8 heteroatoms. The summed E-state index contributed by atoms with van der Waals surface area (Å²) >= 11 is 1.99. The van der Waals surface area contributed by atoms with Crippen LogP contribution in [0.4, 0.5) is 13.2 Å². The molecule has 3 atom stereocenters. The van der Waals surface area contributed by atoms with E-state index in [1.54, 1.807) is 35.6 Å². The Morgan fingerprint density at radius 1 is 1.29 bits per heavy atom. The minimum atomic E-state index is -5.04. The lowest BCUT2D eigenvalue weighted by atomic mass is 9.89. The van der Waals surface area contributed by atoms with Gasteiger partial charge in [-0.15, -0.1) is 0 Å². The molecule has 0 unspecified atom stereocenters. The Balaban J connectivity index is 2.28. The Hall–Kier alpha value is -1.32. The van der Waals surface area contributed by atoms with Gasteiger partial charge in [0, 0.05) is 4.43 Å². The van der Waals surface area contributed by atoms with Gasteiger partial charge < -0.3 is 10.1 Å². The lowest BCUT2D eigenvalue weighted by molar-refractivity contribution is -0.175. The van der Waals surface area contributed by atoms with Crippen LogP contribution in [-0.2, 0) is 14.3 Å². The number of cyclic esters (lactones) is 1. The van der Waals surface area contributed by atoms with Crippen LogP contribution in [0.15, 0.2) is 30.3 Å². The van der Waals surface area contributed by atoms with E-state index in [4.69, 9.17) is 4.74 Å². The first-order valence-corrected chi connectivity index (χ1v) is 7.56. The van der Waals surface area contributed by atoms with Crippen molar-refractivity contribution in [2.75, 3.05) is 4.43 Å². The van der Waals surface area contributed by atoms with Gasteiger partial charge in [-0.25, -0.2) is 4.79 Å². The van der Waals surface area contributed by atoms with Gasteiger partial charge in [0.05, 0.1) is 5.92 Å². The number of carbonyl (C=O) groups excluding carboxylic acids is 2. The summed E-state index contributed by atoms with van der Waals surface area (Å²) in [7, 11) is 0. The zero-order valence-electron chi connectivity index (χ0n) is 10.6. The van der Waals surface area contributed by atoms with E-state index >= 15 is 0 Å². The lowest BCUT2D eigenvalue weighted by Crippen LogP contribution is -2.47. The molecular formula is C13H11F3INO3. The average Bonchev–Trinajstić information content (AvgIpc) is 2.75. The summed E-state index contributed by atoms with van der Waals surface area (Å²) in [5.41, 5.74) is 0.650. The predicted octanol–water partition coefficient (Wildman–Crippen LogP) is 2.18. The zero-order valence-corrected chi connectivity index (χ0v) is 12.7. The van der Waals surface area contributed by atoms with Crippen LogP contribution in [0, 0.1) is 0 Å². The Bertz CT molecular complexity index is 535. The second kappa shape index (κ2) is 6.20. The molecule has 0 radical (unpaired) electrons. The molecule has 1 aromatic carbocycles. The topological polar surface area (TPSA) is 55.4 Å². The summed E-state index contributed by atoms with van der Waals surface area (Å²) in [6.45, 7) is 0. The van der Waals surface area contributed by atoms with Crippen LogP contribution in [0.2, 0.25) is 0 Å². The van der Waals surface area contributed by atoms with Crippen molar-refractivity contribution in [3.05, 3.63) is 35.9 Å². The van der Waals surface area contributed by atoms with Gasteiger partial charge in [0.1, 0.15) is 12.1 Å². The number of halogens is 4. The molecule has 0 saturated carbocycles. The maximum atomic E-state index is 12.4. The molecule has 0 spiro atoms. The second-order valence-corrected chi connectivity index (χ2v) is 5.40. The molecule has 21 heavy (non-hydrogen) atoms. The number of hydrogen-bond donors (Lipinski definition) is 1. The number of nitrogens with one attached hydrogen (secondary N) is 1. The van der Waals surface area contributed by atoms with E-state index in [1.807, 2.05) is 22.6 Å². The molecule has 1 N–H and O–H groups in total. The van der Waals surface area contributed by atoms with Gasteiger partial charge in [-0.1, -0.05) is 52.9 Å². The Morgan fingerprint density at radius 2 is 1.90 bits per heavy atom.